The molecule has 2 aromatic heterocycles. The van der Waals surface area contributed by atoms with Gasteiger partial charge in [0, 0.05) is 33.1 Å². The second-order valence-electron chi connectivity index (χ2n) is 4.34. The fourth-order valence-corrected chi connectivity index (χ4v) is 2.05. The van der Waals surface area contributed by atoms with Gasteiger partial charge >= 0.3 is 0 Å². The first-order chi connectivity index (χ1) is 9.02. The number of rotatable bonds is 4. The largest absolute Gasteiger partial charge is 0.481 e. The van der Waals surface area contributed by atoms with E-state index in [1.54, 1.807) is 32.2 Å². The summed E-state index contributed by atoms with van der Waals surface area (Å²) in [7, 11) is 5.03. The molecule has 0 spiro atoms. The van der Waals surface area contributed by atoms with Gasteiger partial charge in [0.25, 0.3) is 0 Å². The van der Waals surface area contributed by atoms with Crippen LogP contribution in [0.4, 0.5) is 0 Å². The third-order valence-corrected chi connectivity index (χ3v) is 3.17. The van der Waals surface area contributed by atoms with Crippen molar-refractivity contribution in [2.75, 3.05) is 21.2 Å². The van der Waals surface area contributed by atoms with Gasteiger partial charge in [0.15, 0.2) is 10.4 Å². The summed E-state index contributed by atoms with van der Waals surface area (Å²) in [5.41, 5.74) is 1.54. The number of H-pyrrole nitrogens is 1. The van der Waals surface area contributed by atoms with E-state index in [1.165, 1.54) is 0 Å². The van der Waals surface area contributed by atoms with E-state index in [0.29, 0.717) is 29.3 Å². The van der Waals surface area contributed by atoms with Gasteiger partial charge < -0.3 is 19.2 Å². The number of fused-ring (bicyclic) bond motifs is 1. The monoisotopic (exact) mass is 280 g/mol. The molecular weight excluding hydrogens is 264 g/mol. The number of aryl methyl sites for hydroxylation is 1. The van der Waals surface area contributed by atoms with Crippen LogP contribution in [-0.2, 0) is 11.3 Å². The van der Waals surface area contributed by atoms with Crippen LogP contribution in [0.3, 0.4) is 0 Å². The summed E-state index contributed by atoms with van der Waals surface area (Å²) in [5, 5.41) is 0. The van der Waals surface area contributed by atoms with Crippen molar-refractivity contribution in [1.82, 2.24) is 19.4 Å². The highest BCUT2D eigenvalue weighted by molar-refractivity contribution is 7.71. The van der Waals surface area contributed by atoms with Crippen LogP contribution in [0.2, 0.25) is 0 Å². The van der Waals surface area contributed by atoms with E-state index >= 15 is 0 Å². The van der Waals surface area contributed by atoms with Gasteiger partial charge in [-0.05, 0) is 18.3 Å². The molecule has 0 aromatic carbocycles. The molecule has 0 atom stereocenters. The first kappa shape index (κ1) is 13.5. The standard InChI is InChI=1S/C12H16N4O2S/c1-15(2)10(17)6-7-16-11-8(13-12(16)19)4-5-9(14-11)18-3/h4-5H,6-7H2,1-3H3,(H,13,19). The third kappa shape index (κ3) is 2.76. The Morgan fingerprint density at radius 2 is 2.26 bits per heavy atom. The molecule has 0 unspecified atom stereocenters. The van der Waals surface area contributed by atoms with Crippen molar-refractivity contribution < 1.29 is 9.53 Å². The van der Waals surface area contributed by atoms with Crippen LogP contribution in [0.5, 0.6) is 5.88 Å². The number of hydrogen-bond acceptors (Lipinski definition) is 4. The van der Waals surface area contributed by atoms with E-state index < -0.39 is 0 Å². The van der Waals surface area contributed by atoms with Gasteiger partial charge in [-0.2, -0.15) is 4.98 Å². The summed E-state index contributed by atoms with van der Waals surface area (Å²) in [6.45, 7) is 0.496. The van der Waals surface area contributed by atoms with Gasteiger partial charge in [-0.1, -0.05) is 0 Å². The van der Waals surface area contributed by atoms with Crippen LogP contribution in [0.1, 0.15) is 6.42 Å². The highest BCUT2D eigenvalue weighted by Crippen LogP contribution is 2.16. The minimum atomic E-state index is 0.0548. The van der Waals surface area contributed by atoms with Gasteiger partial charge in [-0.3, -0.25) is 4.79 Å². The van der Waals surface area contributed by atoms with E-state index in [2.05, 4.69) is 9.97 Å². The molecule has 0 aliphatic carbocycles. The number of aromatic amines is 1. The van der Waals surface area contributed by atoms with E-state index in [-0.39, 0.29) is 5.91 Å². The second kappa shape index (κ2) is 5.40. The van der Waals surface area contributed by atoms with Gasteiger partial charge in [0.2, 0.25) is 11.8 Å². The molecule has 0 saturated carbocycles. The van der Waals surface area contributed by atoms with Crippen LogP contribution < -0.4 is 4.74 Å². The molecule has 1 amide bonds. The van der Waals surface area contributed by atoms with Crippen molar-refractivity contribution >= 4 is 29.3 Å². The van der Waals surface area contributed by atoms with Gasteiger partial charge in [-0.15, -0.1) is 0 Å². The minimum absolute atomic E-state index is 0.0548. The number of amides is 1. The number of imidazole rings is 1. The zero-order valence-corrected chi connectivity index (χ0v) is 12.0. The lowest BCUT2D eigenvalue weighted by molar-refractivity contribution is -0.128. The lowest BCUT2D eigenvalue weighted by Gasteiger charge is -2.10. The zero-order chi connectivity index (χ0) is 14.0. The molecule has 0 fully saturated rings. The van der Waals surface area contributed by atoms with Crippen molar-refractivity contribution in [1.29, 1.82) is 0 Å². The number of carbonyl (C=O) groups excluding carboxylic acids is 1. The predicted octanol–water partition coefficient (Wildman–Crippen LogP) is 1.58. The number of aromatic nitrogens is 3. The lowest BCUT2D eigenvalue weighted by Crippen LogP contribution is -2.22. The molecule has 0 aliphatic heterocycles. The topological polar surface area (TPSA) is 63.1 Å². The number of methoxy groups -OCH3 is 1. The van der Waals surface area contributed by atoms with Crippen LogP contribution in [0, 0.1) is 4.77 Å². The maximum atomic E-state index is 11.6. The Morgan fingerprint density at radius 3 is 2.89 bits per heavy atom. The summed E-state index contributed by atoms with van der Waals surface area (Å²) in [5.74, 6) is 0.577. The number of carbonyl (C=O) groups is 1. The van der Waals surface area contributed by atoms with Crippen LogP contribution >= 0.6 is 12.2 Å². The summed E-state index contributed by atoms with van der Waals surface area (Å²) in [6, 6.07) is 3.63. The average Bonchev–Trinajstić information content (AvgIpc) is 2.70. The molecule has 7 heteroatoms. The van der Waals surface area contributed by atoms with Crippen molar-refractivity contribution in [2.24, 2.45) is 0 Å². The van der Waals surface area contributed by atoms with E-state index in [0.717, 1.165) is 5.52 Å². The molecule has 2 rings (SSSR count). The Balaban J connectivity index is 2.33. The highest BCUT2D eigenvalue weighted by atomic mass is 32.1. The normalized spacial score (nSPS) is 10.7. The molecule has 0 saturated heterocycles. The number of pyridine rings is 1. The summed E-state index contributed by atoms with van der Waals surface area (Å²) >= 11 is 5.25. The number of hydrogen-bond donors (Lipinski definition) is 1. The zero-order valence-electron chi connectivity index (χ0n) is 11.1. The Labute approximate surface area is 116 Å². The quantitative estimate of drug-likeness (QED) is 0.864. The maximum Gasteiger partial charge on any atom is 0.223 e. The van der Waals surface area contributed by atoms with Gasteiger partial charge in [-0.25, -0.2) is 0 Å². The SMILES string of the molecule is COc1ccc2[nH]c(=S)n(CCC(=O)N(C)C)c2n1. The number of ether oxygens (including phenoxy) is 1. The fraction of sp³-hybridized carbons (Fsp3) is 0.417. The van der Waals surface area contributed by atoms with Crippen molar-refractivity contribution in [3.8, 4) is 5.88 Å². The molecule has 102 valence electrons. The van der Waals surface area contributed by atoms with Crippen LogP contribution in [0.25, 0.3) is 11.2 Å². The molecular formula is C12H16N4O2S. The Kier molecular flexibility index (Phi) is 3.84. The van der Waals surface area contributed by atoms with Gasteiger partial charge in [0.1, 0.15) is 0 Å². The lowest BCUT2D eigenvalue weighted by atomic mass is 10.3. The maximum absolute atomic E-state index is 11.6. The average molecular weight is 280 g/mol. The molecule has 1 N–H and O–H groups in total. The molecule has 2 heterocycles. The Morgan fingerprint density at radius 1 is 1.53 bits per heavy atom. The third-order valence-electron chi connectivity index (χ3n) is 2.85. The van der Waals surface area contributed by atoms with Crippen LogP contribution in [0.15, 0.2) is 12.1 Å². The minimum Gasteiger partial charge on any atom is -0.481 e. The van der Waals surface area contributed by atoms with E-state index in [9.17, 15) is 4.79 Å². The first-order valence-corrected chi connectivity index (χ1v) is 6.27. The summed E-state index contributed by atoms with van der Waals surface area (Å²) in [4.78, 5) is 20.6. The molecule has 6 nitrogen and oxygen atoms in total. The molecule has 2 aromatic rings. The molecule has 19 heavy (non-hydrogen) atoms. The Hall–Kier alpha value is -1.89. The molecule has 0 aliphatic rings. The van der Waals surface area contributed by atoms with Gasteiger partial charge in [0.05, 0.1) is 12.6 Å². The Bertz CT molecular complexity index is 659. The molecule has 0 bridgehead atoms. The summed E-state index contributed by atoms with van der Waals surface area (Å²) < 4.78 is 7.47. The van der Waals surface area contributed by atoms with E-state index in [4.69, 9.17) is 17.0 Å². The highest BCUT2D eigenvalue weighted by Gasteiger charge is 2.10. The van der Waals surface area contributed by atoms with Crippen molar-refractivity contribution in [2.45, 2.75) is 13.0 Å². The first-order valence-electron chi connectivity index (χ1n) is 5.86. The number of nitrogens with zero attached hydrogens (tertiary/aromatic N) is 3. The van der Waals surface area contributed by atoms with Crippen LogP contribution in [-0.4, -0.2) is 46.5 Å². The molecule has 0 radical (unpaired) electrons. The number of nitrogens with one attached hydrogen (secondary N) is 1. The smallest absolute Gasteiger partial charge is 0.223 e. The fourth-order valence-electron chi connectivity index (χ4n) is 1.77. The van der Waals surface area contributed by atoms with E-state index in [1.807, 2.05) is 10.6 Å². The van der Waals surface area contributed by atoms with Crippen molar-refractivity contribution in [3.63, 3.8) is 0 Å². The predicted molar refractivity (Wildman–Crippen MR) is 74.8 cm³/mol. The summed E-state index contributed by atoms with van der Waals surface area (Å²) in [6.07, 6.45) is 0.382. The van der Waals surface area contributed by atoms with Crippen molar-refractivity contribution in [3.05, 3.63) is 16.9 Å². The second-order valence-corrected chi connectivity index (χ2v) is 4.73.